The van der Waals surface area contributed by atoms with Crippen molar-refractivity contribution in [2.45, 2.75) is 13.3 Å². The number of aromatic nitrogens is 1. The van der Waals surface area contributed by atoms with Crippen molar-refractivity contribution in [3.05, 3.63) is 28.1 Å². The number of aryl methyl sites for hydroxylation is 1. The SMILES string of the molecule is Cc1ccc(-c2ncc(CCO)s2)s1. The van der Waals surface area contributed by atoms with Gasteiger partial charge in [-0.1, -0.05) is 0 Å². The van der Waals surface area contributed by atoms with Crippen molar-refractivity contribution in [2.75, 3.05) is 6.61 Å². The fraction of sp³-hybridized carbons (Fsp3) is 0.300. The third kappa shape index (κ3) is 2.03. The third-order valence-electron chi connectivity index (χ3n) is 1.86. The van der Waals surface area contributed by atoms with Crippen molar-refractivity contribution in [2.24, 2.45) is 0 Å². The Balaban J connectivity index is 2.24. The monoisotopic (exact) mass is 225 g/mol. The lowest BCUT2D eigenvalue weighted by Crippen LogP contribution is -1.84. The minimum absolute atomic E-state index is 0.200. The summed E-state index contributed by atoms with van der Waals surface area (Å²) >= 11 is 3.42. The van der Waals surface area contributed by atoms with Crippen LogP contribution in [0.1, 0.15) is 9.75 Å². The lowest BCUT2D eigenvalue weighted by atomic mass is 10.4. The van der Waals surface area contributed by atoms with E-state index in [1.54, 1.807) is 22.7 Å². The molecule has 2 nitrogen and oxygen atoms in total. The summed E-state index contributed by atoms with van der Waals surface area (Å²) in [7, 11) is 0. The molecule has 0 saturated heterocycles. The summed E-state index contributed by atoms with van der Waals surface area (Å²) in [5.41, 5.74) is 0. The second kappa shape index (κ2) is 4.21. The average Bonchev–Trinajstić information content (AvgIpc) is 2.74. The largest absolute Gasteiger partial charge is 0.396 e. The van der Waals surface area contributed by atoms with E-state index < -0.39 is 0 Å². The molecular formula is C10H11NOS2. The summed E-state index contributed by atoms with van der Waals surface area (Å²) in [6.45, 7) is 2.29. The van der Waals surface area contributed by atoms with Crippen molar-refractivity contribution < 1.29 is 5.11 Å². The third-order valence-corrected chi connectivity index (χ3v) is 4.09. The number of hydrogen-bond donors (Lipinski definition) is 1. The van der Waals surface area contributed by atoms with Gasteiger partial charge in [0.05, 0.1) is 4.88 Å². The Morgan fingerprint density at radius 3 is 2.86 bits per heavy atom. The summed E-state index contributed by atoms with van der Waals surface area (Å²) in [6.07, 6.45) is 2.56. The van der Waals surface area contributed by atoms with Crippen LogP contribution in [0.25, 0.3) is 9.88 Å². The van der Waals surface area contributed by atoms with Crippen molar-refractivity contribution in [1.82, 2.24) is 4.98 Å². The molecule has 0 amide bonds. The van der Waals surface area contributed by atoms with Crippen LogP contribution < -0.4 is 0 Å². The maximum atomic E-state index is 8.79. The Bertz CT molecular complexity index is 419. The molecule has 1 N–H and O–H groups in total. The number of aliphatic hydroxyl groups excluding tert-OH is 1. The second-order valence-electron chi connectivity index (χ2n) is 3.02. The Labute approximate surface area is 90.9 Å². The molecule has 0 aliphatic rings. The van der Waals surface area contributed by atoms with Gasteiger partial charge in [-0.05, 0) is 19.1 Å². The van der Waals surface area contributed by atoms with E-state index in [1.165, 1.54) is 9.75 Å². The fourth-order valence-corrected chi connectivity index (χ4v) is 3.03. The van der Waals surface area contributed by atoms with Gasteiger partial charge in [0.1, 0.15) is 5.01 Å². The summed E-state index contributed by atoms with van der Waals surface area (Å²) in [4.78, 5) is 8.01. The maximum Gasteiger partial charge on any atom is 0.133 e. The van der Waals surface area contributed by atoms with Gasteiger partial charge in [0.25, 0.3) is 0 Å². The lowest BCUT2D eigenvalue weighted by molar-refractivity contribution is 0.300. The molecule has 2 aromatic rings. The van der Waals surface area contributed by atoms with Crippen LogP contribution in [0.2, 0.25) is 0 Å². The van der Waals surface area contributed by atoms with Crippen LogP contribution >= 0.6 is 22.7 Å². The van der Waals surface area contributed by atoms with E-state index in [0.717, 1.165) is 9.88 Å². The van der Waals surface area contributed by atoms with E-state index in [0.29, 0.717) is 6.42 Å². The summed E-state index contributed by atoms with van der Waals surface area (Å²) in [5, 5.41) is 9.85. The van der Waals surface area contributed by atoms with E-state index in [1.807, 2.05) is 6.20 Å². The number of aliphatic hydroxyl groups is 1. The van der Waals surface area contributed by atoms with E-state index in [-0.39, 0.29) is 6.61 Å². The van der Waals surface area contributed by atoms with Crippen LogP contribution in [0, 0.1) is 6.92 Å². The molecule has 0 radical (unpaired) electrons. The summed E-state index contributed by atoms with van der Waals surface area (Å²) < 4.78 is 0. The number of nitrogens with zero attached hydrogens (tertiary/aromatic N) is 1. The molecule has 2 rings (SSSR count). The molecular weight excluding hydrogens is 214 g/mol. The van der Waals surface area contributed by atoms with Gasteiger partial charge >= 0.3 is 0 Å². The van der Waals surface area contributed by atoms with Gasteiger partial charge in [-0.2, -0.15) is 0 Å². The standard InChI is InChI=1S/C10H11NOS2/c1-7-2-3-9(13-7)10-11-6-8(14-10)4-5-12/h2-3,6,12H,4-5H2,1H3. The molecule has 0 unspecified atom stereocenters. The molecule has 14 heavy (non-hydrogen) atoms. The Kier molecular flexibility index (Phi) is 2.96. The molecule has 2 aromatic heterocycles. The van der Waals surface area contributed by atoms with E-state index in [9.17, 15) is 0 Å². The van der Waals surface area contributed by atoms with Crippen LogP contribution in [0.3, 0.4) is 0 Å². The summed E-state index contributed by atoms with van der Waals surface area (Å²) in [6, 6.07) is 4.20. The molecule has 0 fully saturated rings. The van der Waals surface area contributed by atoms with Crippen molar-refractivity contribution in [3.8, 4) is 9.88 Å². The summed E-state index contributed by atoms with van der Waals surface area (Å²) in [5.74, 6) is 0. The molecule has 0 spiro atoms. The fourth-order valence-electron chi connectivity index (χ4n) is 1.20. The smallest absolute Gasteiger partial charge is 0.133 e. The highest BCUT2D eigenvalue weighted by atomic mass is 32.1. The molecule has 74 valence electrons. The first-order valence-corrected chi connectivity index (χ1v) is 6.05. The molecule has 0 aliphatic heterocycles. The Morgan fingerprint density at radius 2 is 2.21 bits per heavy atom. The van der Waals surface area contributed by atoms with Crippen LogP contribution in [-0.4, -0.2) is 16.7 Å². The normalized spacial score (nSPS) is 10.7. The Morgan fingerprint density at radius 1 is 1.36 bits per heavy atom. The van der Waals surface area contributed by atoms with E-state index in [4.69, 9.17) is 5.11 Å². The van der Waals surface area contributed by atoms with Gasteiger partial charge in [0.2, 0.25) is 0 Å². The quantitative estimate of drug-likeness (QED) is 0.871. The first-order valence-electron chi connectivity index (χ1n) is 4.42. The maximum absolute atomic E-state index is 8.79. The van der Waals surface area contributed by atoms with Crippen molar-refractivity contribution >= 4 is 22.7 Å². The average molecular weight is 225 g/mol. The van der Waals surface area contributed by atoms with Gasteiger partial charge < -0.3 is 5.11 Å². The van der Waals surface area contributed by atoms with Crippen molar-refractivity contribution in [1.29, 1.82) is 0 Å². The molecule has 0 saturated carbocycles. The predicted octanol–water partition coefficient (Wildman–Crippen LogP) is 2.71. The highest BCUT2D eigenvalue weighted by Gasteiger charge is 2.05. The highest BCUT2D eigenvalue weighted by molar-refractivity contribution is 7.21. The first-order chi connectivity index (χ1) is 6.79. The minimum Gasteiger partial charge on any atom is -0.396 e. The number of hydrogen-bond acceptors (Lipinski definition) is 4. The zero-order chi connectivity index (χ0) is 9.97. The van der Waals surface area contributed by atoms with Gasteiger partial charge in [0, 0.05) is 29.0 Å². The zero-order valence-corrected chi connectivity index (χ0v) is 9.49. The van der Waals surface area contributed by atoms with Crippen LogP contribution in [0.5, 0.6) is 0 Å². The first kappa shape index (κ1) is 9.83. The minimum atomic E-state index is 0.200. The van der Waals surface area contributed by atoms with Gasteiger partial charge in [-0.15, -0.1) is 22.7 Å². The number of thiazole rings is 1. The molecule has 4 heteroatoms. The molecule has 2 heterocycles. The number of thiophene rings is 1. The molecule has 0 aromatic carbocycles. The molecule has 0 aliphatic carbocycles. The number of rotatable bonds is 3. The van der Waals surface area contributed by atoms with Gasteiger partial charge in [-0.3, -0.25) is 0 Å². The van der Waals surface area contributed by atoms with Gasteiger partial charge in [-0.25, -0.2) is 4.98 Å². The van der Waals surface area contributed by atoms with Crippen LogP contribution in [0.4, 0.5) is 0 Å². The van der Waals surface area contributed by atoms with E-state index in [2.05, 4.69) is 24.0 Å². The predicted molar refractivity (Wildman–Crippen MR) is 61.0 cm³/mol. The highest BCUT2D eigenvalue weighted by Crippen LogP contribution is 2.30. The van der Waals surface area contributed by atoms with Crippen molar-refractivity contribution in [3.63, 3.8) is 0 Å². The van der Waals surface area contributed by atoms with Gasteiger partial charge in [0.15, 0.2) is 0 Å². The zero-order valence-electron chi connectivity index (χ0n) is 7.86. The van der Waals surface area contributed by atoms with Crippen LogP contribution in [-0.2, 0) is 6.42 Å². The van der Waals surface area contributed by atoms with Crippen LogP contribution in [0.15, 0.2) is 18.3 Å². The lowest BCUT2D eigenvalue weighted by Gasteiger charge is -1.88. The molecule has 0 atom stereocenters. The topological polar surface area (TPSA) is 33.1 Å². The second-order valence-corrected chi connectivity index (χ2v) is 5.42. The molecule has 0 bridgehead atoms. The van der Waals surface area contributed by atoms with E-state index >= 15 is 0 Å². The Hall–Kier alpha value is -0.710.